The molecule has 16 heavy (non-hydrogen) atoms. The van der Waals surface area contributed by atoms with Crippen molar-refractivity contribution < 1.29 is 14.2 Å². The van der Waals surface area contributed by atoms with Gasteiger partial charge >= 0.3 is 0 Å². The molecule has 7 heteroatoms. The van der Waals surface area contributed by atoms with Crippen molar-refractivity contribution in [1.82, 2.24) is 5.32 Å². The zero-order chi connectivity index (χ0) is 12.7. The zero-order valence-electron chi connectivity index (χ0n) is 9.77. The number of oxime groups is 1. The molecular formula is C9H19N3O3S. The second-order valence-electron chi connectivity index (χ2n) is 3.81. The quantitative estimate of drug-likeness (QED) is 0.255. The van der Waals surface area contributed by atoms with E-state index in [1.54, 1.807) is 20.1 Å². The van der Waals surface area contributed by atoms with Crippen molar-refractivity contribution >= 4 is 22.5 Å². The minimum atomic E-state index is -0.944. The number of hydrogen-bond acceptors (Lipinski definition) is 4. The molecule has 0 aliphatic heterocycles. The van der Waals surface area contributed by atoms with Crippen LogP contribution in [0.3, 0.4) is 0 Å². The van der Waals surface area contributed by atoms with Crippen molar-refractivity contribution in [2.45, 2.75) is 13.8 Å². The molecule has 0 saturated carbocycles. The molecule has 0 heterocycles. The summed E-state index contributed by atoms with van der Waals surface area (Å²) < 4.78 is 10.8. The first-order valence-electron chi connectivity index (χ1n) is 4.95. The van der Waals surface area contributed by atoms with E-state index < -0.39 is 16.7 Å². The molecular weight excluding hydrogens is 230 g/mol. The number of carbonyl (C=O) groups is 1. The molecule has 0 aromatic carbocycles. The summed E-state index contributed by atoms with van der Waals surface area (Å²) in [5.74, 6) is -0.744. The average Bonchev–Trinajstić information content (AvgIpc) is 2.16. The van der Waals surface area contributed by atoms with Gasteiger partial charge in [0.25, 0.3) is 0 Å². The third-order valence-corrected chi connectivity index (χ3v) is 2.85. The number of rotatable bonds is 6. The van der Waals surface area contributed by atoms with Crippen LogP contribution in [-0.4, -0.2) is 39.7 Å². The molecule has 2 atom stereocenters. The highest BCUT2D eigenvalue weighted by molar-refractivity contribution is 7.84. The van der Waals surface area contributed by atoms with Crippen LogP contribution in [0.15, 0.2) is 5.16 Å². The number of nitrogens with two attached hydrogens (primary N) is 1. The Morgan fingerprint density at radius 2 is 2.12 bits per heavy atom. The second kappa shape index (κ2) is 7.21. The van der Waals surface area contributed by atoms with E-state index in [1.165, 1.54) is 0 Å². The Kier molecular flexibility index (Phi) is 6.71. The van der Waals surface area contributed by atoms with Crippen LogP contribution in [0, 0.1) is 11.8 Å². The van der Waals surface area contributed by atoms with Crippen LogP contribution in [0.4, 0.5) is 0 Å². The van der Waals surface area contributed by atoms with Crippen LogP contribution >= 0.6 is 0 Å². The van der Waals surface area contributed by atoms with Gasteiger partial charge in [-0.05, 0) is 5.92 Å². The van der Waals surface area contributed by atoms with Crippen LogP contribution in [0.25, 0.3) is 0 Å². The fourth-order valence-corrected chi connectivity index (χ4v) is 1.66. The lowest BCUT2D eigenvalue weighted by Gasteiger charge is -2.18. The van der Waals surface area contributed by atoms with Gasteiger partial charge in [0.15, 0.2) is 5.84 Å². The molecule has 2 unspecified atom stereocenters. The van der Waals surface area contributed by atoms with Gasteiger partial charge in [-0.25, -0.2) is 0 Å². The van der Waals surface area contributed by atoms with Gasteiger partial charge in [0.05, 0.1) is 0 Å². The highest BCUT2D eigenvalue weighted by Gasteiger charge is 2.26. The first kappa shape index (κ1) is 14.9. The number of amidine groups is 1. The van der Waals surface area contributed by atoms with Crippen LogP contribution in [0.2, 0.25) is 0 Å². The van der Waals surface area contributed by atoms with Gasteiger partial charge < -0.3 is 16.3 Å². The summed E-state index contributed by atoms with van der Waals surface area (Å²) in [6.45, 7) is 3.93. The monoisotopic (exact) mass is 249 g/mol. The molecule has 0 saturated heterocycles. The van der Waals surface area contributed by atoms with Gasteiger partial charge in [-0.2, -0.15) is 0 Å². The minimum absolute atomic E-state index is 0.0666. The Morgan fingerprint density at radius 3 is 2.50 bits per heavy atom. The van der Waals surface area contributed by atoms with Crippen molar-refractivity contribution in [2.24, 2.45) is 22.7 Å². The zero-order valence-corrected chi connectivity index (χ0v) is 10.6. The maximum atomic E-state index is 11.7. The molecule has 0 fully saturated rings. The van der Waals surface area contributed by atoms with Crippen LogP contribution < -0.4 is 11.1 Å². The predicted molar refractivity (Wildman–Crippen MR) is 63.7 cm³/mol. The van der Waals surface area contributed by atoms with Crippen molar-refractivity contribution in [1.29, 1.82) is 0 Å². The summed E-state index contributed by atoms with van der Waals surface area (Å²) in [4.78, 5) is 11.7. The minimum Gasteiger partial charge on any atom is -0.409 e. The highest BCUT2D eigenvalue weighted by atomic mass is 32.2. The van der Waals surface area contributed by atoms with E-state index in [9.17, 15) is 9.00 Å². The fraction of sp³-hybridized carbons (Fsp3) is 0.778. The summed E-state index contributed by atoms with van der Waals surface area (Å²) in [5.41, 5.74) is 5.43. The molecule has 0 spiro atoms. The van der Waals surface area contributed by atoms with Crippen molar-refractivity contribution in [2.75, 3.05) is 18.6 Å². The summed E-state index contributed by atoms with van der Waals surface area (Å²) in [6, 6.07) is 0. The summed E-state index contributed by atoms with van der Waals surface area (Å²) in [5, 5.41) is 14.0. The first-order chi connectivity index (χ1) is 7.40. The predicted octanol–water partition coefficient (Wildman–Crippen LogP) is -0.500. The Hall–Kier alpha value is -1.11. The highest BCUT2D eigenvalue weighted by Crippen LogP contribution is 2.10. The third-order valence-electron chi connectivity index (χ3n) is 2.07. The van der Waals surface area contributed by atoms with E-state index in [0.717, 1.165) is 0 Å². The standard InChI is InChI=1S/C9H19N3O3S/c1-6(2)7(8(10)12-14)9(13)11-4-5-16(3)15/h6-7,14H,4-5H2,1-3H3,(H2,10,12)(H,11,13). The smallest absolute Gasteiger partial charge is 0.231 e. The lowest BCUT2D eigenvalue weighted by atomic mass is 9.94. The van der Waals surface area contributed by atoms with E-state index in [0.29, 0.717) is 12.3 Å². The Morgan fingerprint density at radius 1 is 1.56 bits per heavy atom. The molecule has 0 aromatic rings. The number of carbonyl (C=O) groups excluding carboxylic acids is 1. The summed E-state index contributed by atoms with van der Waals surface area (Å²) >= 11 is 0. The van der Waals surface area contributed by atoms with Crippen molar-refractivity contribution in [3.63, 3.8) is 0 Å². The normalized spacial score (nSPS) is 15.9. The number of amides is 1. The van der Waals surface area contributed by atoms with Gasteiger partial charge in [0.1, 0.15) is 5.92 Å². The lowest BCUT2D eigenvalue weighted by molar-refractivity contribution is -0.123. The summed E-state index contributed by atoms with van der Waals surface area (Å²) in [6.07, 6.45) is 1.57. The number of hydrogen-bond donors (Lipinski definition) is 3. The Balaban J connectivity index is 4.35. The Labute approximate surface area is 97.7 Å². The van der Waals surface area contributed by atoms with Crippen LogP contribution in [-0.2, 0) is 15.6 Å². The van der Waals surface area contributed by atoms with Crippen LogP contribution in [0.1, 0.15) is 13.8 Å². The van der Waals surface area contributed by atoms with Crippen molar-refractivity contribution in [3.05, 3.63) is 0 Å². The van der Waals surface area contributed by atoms with Gasteiger partial charge in [-0.3, -0.25) is 9.00 Å². The lowest BCUT2D eigenvalue weighted by Crippen LogP contribution is -2.42. The SMILES string of the molecule is CC(C)C(C(=O)NCCS(C)=O)C(N)=NO. The molecule has 6 nitrogen and oxygen atoms in total. The van der Waals surface area contributed by atoms with Gasteiger partial charge in [-0.15, -0.1) is 0 Å². The van der Waals surface area contributed by atoms with E-state index in [2.05, 4.69) is 10.5 Å². The average molecular weight is 249 g/mol. The summed E-state index contributed by atoms with van der Waals surface area (Å²) in [7, 11) is -0.944. The molecule has 0 bridgehead atoms. The molecule has 0 radical (unpaired) electrons. The second-order valence-corrected chi connectivity index (χ2v) is 5.37. The largest absolute Gasteiger partial charge is 0.409 e. The van der Waals surface area contributed by atoms with E-state index in [1.807, 2.05) is 0 Å². The number of nitrogens with one attached hydrogen (secondary N) is 1. The van der Waals surface area contributed by atoms with Crippen LogP contribution in [0.5, 0.6) is 0 Å². The van der Waals surface area contributed by atoms with Gasteiger partial charge in [-0.1, -0.05) is 19.0 Å². The van der Waals surface area contributed by atoms with Crippen molar-refractivity contribution in [3.8, 4) is 0 Å². The van der Waals surface area contributed by atoms with E-state index >= 15 is 0 Å². The Bertz CT molecular complexity index is 292. The molecule has 4 N–H and O–H groups in total. The first-order valence-corrected chi connectivity index (χ1v) is 6.68. The third kappa shape index (κ3) is 5.11. The van der Waals surface area contributed by atoms with Gasteiger partial charge in [0.2, 0.25) is 5.91 Å². The molecule has 0 aliphatic carbocycles. The topological polar surface area (TPSA) is 105 Å². The van der Waals surface area contributed by atoms with E-state index in [-0.39, 0.29) is 17.7 Å². The molecule has 0 aromatic heterocycles. The number of nitrogens with zero attached hydrogens (tertiary/aromatic N) is 1. The van der Waals surface area contributed by atoms with E-state index in [4.69, 9.17) is 10.9 Å². The maximum Gasteiger partial charge on any atom is 0.231 e. The fourth-order valence-electron chi connectivity index (χ4n) is 1.27. The molecule has 94 valence electrons. The molecule has 1 amide bonds. The maximum absolute atomic E-state index is 11.7. The molecule has 0 aliphatic rings. The molecule has 0 rings (SSSR count). The van der Waals surface area contributed by atoms with Gasteiger partial charge in [0, 0.05) is 29.4 Å².